The SMILES string of the molecule is CNC1CCc2c(OCC#N)cccc21. The van der Waals surface area contributed by atoms with E-state index in [9.17, 15) is 0 Å². The quantitative estimate of drug-likeness (QED) is 0.812. The van der Waals surface area contributed by atoms with Crippen molar-refractivity contribution in [2.75, 3.05) is 13.7 Å². The molecule has 78 valence electrons. The number of hydrogen-bond donors (Lipinski definition) is 1. The standard InChI is InChI=1S/C12H14N2O/c1-14-11-6-5-10-9(11)3-2-4-12(10)15-8-7-13/h2-4,11,14H,5-6,8H2,1H3. The summed E-state index contributed by atoms with van der Waals surface area (Å²) in [5.74, 6) is 0.867. The molecule has 0 spiro atoms. The third kappa shape index (κ3) is 1.81. The molecule has 0 bridgehead atoms. The van der Waals surface area contributed by atoms with Crippen LogP contribution in [0.4, 0.5) is 0 Å². The van der Waals surface area contributed by atoms with Crippen LogP contribution in [0.25, 0.3) is 0 Å². The maximum atomic E-state index is 8.49. The lowest BCUT2D eigenvalue weighted by Gasteiger charge is -2.11. The summed E-state index contributed by atoms with van der Waals surface area (Å²) < 4.78 is 5.40. The predicted octanol–water partition coefficient (Wildman–Crippen LogP) is 1.80. The zero-order chi connectivity index (χ0) is 10.7. The first-order chi connectivity index (χ1) is 7.36. The molecule has 3 heteroatoms. The fraction of sp³-hybridized carbons (Fsp3) is 0.417. The number of rotatable bonds is 3. The third-order valence-electron chi connectivity index (χ3n) is 2.87. The van der Waals surface area contributed by atoms with Crippen molar-refractivity contribution in [1.82, 2.24) is 5.32 Å². The first-order valence-corrected chi connectivity index (χ1v) is 5.15. The van der Waals surface area contributed by atoms with Gasteiger partial charge in [0, 0.05) is 6.04 Å². The lowest BCUT2D eigenvalue weighted by atomic mass is 10.1. The van der Waals surface area contributed by atoms with Crippen molar-refractivity contribution in [2.24, 2.45) is 0 Å². The molecule has 1 aromatic rings. The van der Waals surface area contributed by atoms with Crippen molar-refractivity contribution < 1.29 is 4.74 Å². The maximum Gasteiger partial charge on any atom is 0.174 e. The number of fused-ring (bicyclic) bond motifs is 1. The highest BCUT2D eigenvalue weighted by Crippen LogP contribution is 2.36. The molecule has 0 aromatic heterocycles. The van der Waals surface area contributed by atoms with Gasteiger partial charge >= 0.3 is 0 Å². The molecule has 0 aliphatic heterocycles. The topological polar surface area (TPSA) is 45.0 Å². The van der Waals surface area contributed by atoms with E-state index in [1.54, 1.807) is 0 Å². The van der Waals surface area contributed by atoms with Crippen LogP contribution in [0.5, 0.6) is 5.75 Å². The Balaban J connectivity index is 2.28. The lowest BCUT2D eigenvalue weighted by molar-refractivity contribution is 0.364. The molecule has 0 amide bonds. The second kappa shape index (κ2) is 4.33. The van der Waals surface area contributed by atoms with Gasteiger partial charge in [-0.05, 0) is 37.1 Å². The molecular formula is C12H14N2O. The average molecular weight is 202 g/mol. The summed E-state index contributed by atoms with van der Waals surface area (Å²) in [6, 6.07) is 8.48. The Morgan fingerprint density at radius 1 is 1.60 bits per heavy atom. The van der Waals surface area contributed by atoms with Gasteiger partial charge in [0.15, 0.2) is 6.61 Å². The normalized spacial score (nSPS) is 18.3. The van der Waals surface area contributed by atoms with E-state index in [-0.39, 0.29) is 6.61 Å². The van der Waals surface area contributed by atoms with E-state index in [4.69, 9.17) is 10.00 Å². The van der Waals surface area contributed by atoms with E-state index >= 15 is 0 Å². The molecule has 1 aliphatic carbocycles. The zero-order valence-electron chi connectivity index (χ0n) is 8.79. The summed E-state index contributed by atoms with van der Waals surface area (Å²) >= 11 is 0. The van der Waals surface area contributed by atoms with Gasteiger partial charge in [-0.2, -0.15) is 5.26 Å². The van der Waals surface area contributed by atoms with E-state index in [0.29, 0.717) is 6.04 Å². The molecule has 15 heavy (non-hydrogen) atoms. The zero-order valence-corrected chi connectivity index (χ0v) is 8.79. The molecule has 0 radical (unpaired) electrons. The fourth-order valence-electron chi connectivity index (χ4n) is 2.17. The molecule has 0 heterocycles. The van der Waals surface area contributed by atoms with E-state index in [1.807, 2.05) is 25.2 Å². The predicted molar refractivity (Wildman–Crippen MR) is 57.7 cm³/mol. The summed E-state index contributed by atoms with van der Waals surface area (Å²) in [7, 11) is 1.97. The van der Waals surface area contributed by atoms with Crippen molar-refractivity contribution in [3.8, 4) is 11.8 Å². The fourth-order valence-corrected chi connectivity index (χ4v) is 2.17. The summed E-state index contributed by atoms with van der Waals surface area (Å²) in [4.78, 5) is 0. The van der Waals surface area contributed by atoms with Gasteiger partial charge < -0.3 is 10.1 Å². The van der Waals surface area contributed by atoms with E-state index < -0.39 is 0 Å². The van der Waals surface area contributed by atoms with Crippen LogP contribution in [0.1, 0.15) is 23.6 Å². The van der Waals surface area contributed by atoms with Crippen molar-refractivity contribution in [2.45, 2.75) is 18.9 Å². The monoisotopic (exact) mass is 202 g/mol. The van der Waals surface area contributed by atoms with Crippen LogP contribution in [0, 0.1) is 11.3 Å². The van der Waals surface area contributed by atoms with Gasteiger partial charge in [0.1, 0.15) is 11.8 Å². The van der Waals surface area contributed by atoms with Crippen LogP contribution in [0.15, 0.2) is 18.2 Å². The third-order valence-corrected chi connectivity index (χ3v) is 2.87. The van der Waals surface area contributed by atoms with Gasteiger partial charge in [0.05, 0.1) is 0 Å². The molecule has 1 atom stereocenters. The highest BCUT2D eigenvalue weighted by atomic mass is 16.5. The summed E-state index contributed by atoms with van der Waals surface area (Å²) in [5, 5.41) is 11.8. The van der Waals surface area contributed by atoms with Crippen molar-refractivity contribution in [3.63, 3.8) is 0 Å². The number of nitrogens with zero attached hydrogens (tertiary/aromatic N) is 1. The average Bonchev–Trinajstić information content (AvgIpc) is 2.69. The van der Waals surface area contributed by atoms with Gasteiger partial charge in [0.2, 0.25) is 0 Å². The van der Waals surface area contributed by atoms with Crippen LogP contribution in [-0.4, -0.2) is 13.7 Å². The summed E-state index contributed by atoms with van der Waals surface area (Å²) in [6.07, 6.45) is 2.14. The van der Waals surface area contributed by atoms with Crippen molar-refractivity contribution in [1.29, 1.82) is 5.26 Å². The molecule has 1 aromatic carbocycles. The van der Waals surface area contributed by atoms with Gasteiger partial charge in [0.25, 0.3) is 0 Å². The molecule has 0 saturated carbocycles. The molecule has 0 fully saturated rings. The second-order valence-corrected chi connectivity index (χ2v) is 3.65. The van der Waals surface area contributed by atoms with Crippen molar-refractivity contribution in [3.05, 3.63) is 29.3 Å². The number of hydrogen-bond acceptors (Lipinski definition) is 3. The smallest absolute Gasteiger partial charge is 0.174 e. The Bertz CT molecular complexity index is 395. The molecule has 0 saturated heterocycles. The molecule has 1 N–H and O–H groups in total. The van der Waals surface area contributed by atoms with Crippen LogP contribution in [0.3, 0.4) is 0 Å². The lowest BCUT2D eigenvalue weighted by Crippen LogP contribution is -2.12. The Morgan fingerprint density at radius 2 is 2.47 bits per heavy atom. The van der Waals surface area contributed by atoms with Crippen LogP contribution >= 0.6 is 0 Å². The summed E-state index contributed by atoms with van der Waals surface area (Å²) in [5.41, 5.74) is 2.57. The van der Waals surface area contributed by atoms with Crippen LogP contribution < -0.4 is 10.1 Å². The van der Waals surface area contributed by atoms with E-state index in [0.717, 1.165) is 18.6 Å². The molecule has 1 aliphatic rings. The van der Waals surface area contributed by atoms with Gasteiger partial charge in [-0.15, -0.1) is 0 Å². The highest BCUT2D eigenvalue weighted by molar-refractivity contribution is 5.45. The largest absolute Gasteiger partial charge is 0.478 e. The second-order valence-electron chi connectivity index (χ2n) is 3.65. The molecule has 3 nitrogen and oxygen atoms in total. The maximum absolute atomic E-state index is 8.49. The molecule has 1 unspecified atom stereocenters. The minimum absolute atomic E-state index is 0.126. The Hall–Kier alpha value is -1.53. The Kier molecular flexibility index (Phi) is 2.89. The van der Waals surface area contributed by atoms with Gasteiger partial charge in [-0.25, -0.2) is 0 Å². The van der Waals surface area contributed by atoms with E-state index in [2.05, 4.69) is 11.4 Å². The Morgan fingerprint density at radius 3 is 3.20 bits per heavy atom. The minimum atomic E-state index is 0.126. The highest BCUT2D eigenvalue weighted by Gasteiger charge is 2.23. The summed E-state index contributed by atoms with van der Waals surface area (Å²) in [6.45, 7) is 0.126. The van der Waals surface area contributed by atoms with Crippen LogP contribution in [-0.2, 0) is 6.42 Å². The minimum Gasteiger partial charge on any atom is -0.478 e. The van der Waals surface area contributed by atoms with E-state index in [1.165, 1.54) is 11.1 Å². The van der Waals surface area contributed by atoms with Gasteiger partial charge in [-0.3, -0.25) is 0 Å². The number of benzene rings is 1. The van der Waals surface area contributed by atoms with Gasteiger partial charge in [-0.1, -0.05) is 12.1 Å². The van der Waals surface area contributed by atoms with Crippen LogP contribution in [0.2, 0.25) is 0 Å². The first-order valence-electron chi connectivity index (χ1n) is 5.15. The number of ether oxygens (including phenoxy) is 1. The first kappa shape index (κ1) is 10.0. The Labute approximate surface area is 89.7 Å². The molecule has 2 rings (SSSR count). The number of nitrogens with one attached hydrogen (secondary N) is 1. The molecular weight excluding hydrogens is 188 g/mol. The number of nitriles is 1. The van der Waals surface area contributed by atoms with Crippen molar-refractivity contribution >= 4 is 0 Å².